The monoisotopic (exact) mass is 359 g/mol. The lowest BCUT2D eigenvalue weighted by atomic mass is 9.44. The predicted octanol–water partition coefficient (Wildman–Crippen LogP) is 7.11. The zero-order valence-corrected chi connectivity index (χ0v) is 18.3. The molecule has 2 N–H and O–H groups in total. The van der Waals surface area contributed by atoms with Crippen molar-refractivity contribution in [3.63, 3.8) is 0 Å². The standard InChI is InChI=1S/C23H39N.C2H6/c1-4-16-14-17(24)15-21-19-9-12-22(2)11-7-5-6-8-20(22)18(19)10-13-23(16,21)3;1-2/h4,17-21H,5-15,24H2,1-3H3;1-2H3/b16-4-;/t17?,18?,19?,20?,21?,22-,23?;/m0./s1. The van der Waals surface area contributed by atoms with E-state index in [-0.39, 0.29) is 0 Å². The van der Waals surface area contributed by atoms with Crippen molar-refractivity contribution >= 4 is 0 Å². The molecule has 0 saturated heterocycles. The summed E-state index contributed by atoms with van der Waals surface area (Å²) in [6, 6.07) is 0.412. The first-order valence-electron chi connectivity index (χ1n) is 11.9. The van der Waals surface area contributed by atoms with Gasteiger partial charge < -0.3 is 5.73 Å². The summed E-state index contributed by atoms with van der Waals surface area (Å²) in [7, 11) is 0. The Bertz CT molecular complexity index is 508. The molecule has 26 heavy (non-hydrogen) atoms. The van der Waals surface area contributed by atoms with Crippen LogP contribution in [0.1, 0.15) is 105 Å². The van der Waals surface area contributed by atoms with E-state index in [0.717, 1.165) is 30.1 Å². The SMILES string of the molecule is C/C=C1/CC(N)CC2C3CC[C@]4(C)CCCCCC4C3CCC12C.CC. The van der Waals surface area contributed by atoms with Crippen LogP contribution in [0.2, 0.25) is 0 Å². The van der Waals surface area contributed by atoms with E-state index in [4.69, 9.17) is 5.73 Å². The highest BCUT2D eigenvalue weighted by atomic mass is 14.7. The van der Waals surface area contributed by atoms with Crippen molar-refractivity contribution in [1.82, 2.24) is 0 Å². The smallest absolute Gasteiger partial charge is 0.00793 e. The molecule has 7 atom stereocenters. The quantitative estimate of drug-likeness (QED) is 0.458. The molecule has 0 aromatic carbocycles. The van der Waals surface area contributed by atoms with Crippen molar-refractivity contribution in [1.29, 1.82) is 0 Å². The Balaban J connectivity index is 0.000000948. The second kappa shape index (κ2) is 7.98. The topological polar surface area (TPSA) is 26.0 Å². The highest BCUT2D eigenvalue weighted by molar-refractivity contribution is 5.22. The molecule has 0 radical (unpaired) electrons. The first-order chi connectivity index (χ1) is 12.5. The minimum Gasteiger partial charge on any atom is -0.327 e. The van der Waals surface area contributed by atoms with Gasteiger partial charge in [0.05, 0.1) is 0 Å². The number of fused-ring (bicyclic) bond motifs is 5. The molecule has 1 heteroatoms. The lowest BCUT2D eigenvalue weighted by Crippen LogP contribution is -2.54. The Hall–Kier alpha value is -0.300. The van der Waals surface area contributed by atoms with Crippen LogP contribution in [0.5, 0.6) is 0 Å². The van der Waals surface area contributed by atoms with E-state index in [1.54, 1.807) is 5.57 Å². The van der Waals surface area contributed by atoms with Gasteiger partial charge in [-0.1, -0.05) is 58.6 Å². The van der Waals surface area contributed by atoms with Gasteiger partial charge in [-0.05, 0) is 92.8 Å². The molecule has 4 fully saturated rings. The fraction of sp³-hybridized carbons (Fsp3) is 0.920. The summed E-state index contributed by atoms with van der Waals surface area (Å²) in [4.78, 5) is 0. The highest BCUT2D eigenvalue weighted by Gasteiger charge is 2.56. The van der Waals surface area contributed by atoms with Gasteiger partial charge >= 0.3 is 0 Å². The minimum atomic E-state index is 0.412. The van der Waals surface area contributed by atoms with Gasteiger partial charge in [0.25, 0.3) is 0 Å². The number of hydrogen-bond acceptors (Lipinski definition) is 1. The minimum absolute atomic E-state index is 0.412. The van der Waals surface area contributed by atoms with Crippen molar-refractivity contribution in [2.75, 3.05) is 0 Å². The molecular formula is C25H45N. The molecule has 4 rings (SSSR count). The van der Waals surface area contributed by atoms with Gasteiger partial charge in [0, 0.05) is 6.04 Å². The fourth-order valence-corrected chi connectivity index (χ4v) is 7.90. The van der Waals surface area contributed by atoms with Crippen LogP contribution in [-0.2, 0) is 0 Å². The molecule has 1 nitrogen and oxygen atoms in total. The molecule has 0 amide bonds. The average Bonchev–Trinajstić information content (AvgIpc) is 2.84. The summed E-state index contributed by atoms with van der Waals surface area (Å²) >= 11 is 0. The van der Waals surface area contributed by atoms with E-state index < -0.39 is 0 Å². The van der Waals surface area contributed by atoms with Crippen LogP contribution in [0, 0.1) is 34.5 Å². The molecule has 0 spiro atoms. The maximum Gasteiger partial charge on any atom is 0.00793 e. The van der Waals surface area contributed by atoms with Gasteiger partial charge in [-0.2, -0.15) is 0 Å². The van der Waals surface area contributed by atoms with E-state index in [9.17, 15) is 0 Å². The number of nitrogens with two attached hydrogens (primary N) is 1. The molecular weight excluding hydrogens is 314 g/mol. The molecule has 4 aliphatic rings. The van der Waals surface area contributed by atoms with Crippen LogP contribution in [0.4, 0.5) is 0 Å². The molecule has 0 aromatic rings. The van der Waals surface area contributed by atoms with E-state index in [1.165, 1.54) is 64.2 Å². The molecule has 4 saturated carbocycles. The zero-order chi connectivity index (χ0) is 18.9. The Labute approximate surface area is 163 Å². The zero-order valence-electron chi connectivity index (χ0n) is 18.3. The van der Waals surface area contributed by atoms with Gasteiger partial charge in [0.15, 0.2) is 0 Å². The average molecular weight is 360 g/mol. The van der Waals surface area contributed by atoms with Gasteiger partial charge in [0.1, 0.15) is 0 Å². The summed E-state index contributed by atoms with van der Waals surface area (Å²) in [6.07, 6.45) is 18.2. The Morgan fingerprint density at radius 1 is 0.885 bits per heavy atom. The normalized spacial score (nSPS) is 49.8. The maximum atomic E-state index is 6.53. The van der Waals surface area contributed by atoms with Crippen LogP contribution in [0.3, 0.4) is 0 Å². The van der Waals surface area contributed by atoms with Gasteiger partial charge in [-0.3, -0.25) is 0 Å². The number of allylic oxidation sites excluding steroid dienone is 1. The highest BCUT2D eigenvalue weighted by Crippen LogP contribution is 2.64. The second-order valence-corrected chi connectivity index (χ2v) is 10.3. The van der Waals surface area contributed by atoms with E-state index in [2.05, 4.69) is 26.8 Å². The predicted molar refractivity (Wildman–Crippen MR) is 114 cm³/mol. The Kier molecular flexibility index (Phi) is 6.27. The summed E-state index contributed by atoms with van der Waals surface area (Å²) in [5.74, 6) is 3.83. The molecule has 0 aromatic heterocycles. The summed E-state index contributed by atoms with van der Waals surface area (Å²) in [5, 5.41) is 0. The fourth-order valence-electron chi connectivity index (χ4n) is 7.90. The van der Waals surface area contributed by atoms with Crippen molar-refractivity contribution in [3.8, 4) is 0 Å². The molecule has 6 unspecified atom stereocenters. The third-order valence-corrected chi connectivity index (χ3v) is 9.23. The van der Waals surface area contributed by atoms with Crippen LogP contribution in [0.15, 0.2) is 11.6 Å². The van der Waals surface area contributed by atoms with Crippen LogP contribution in [0.25, 0.3) is 0 Å². The first kappa shape index (κ1) is 20.4. The van der Waals surface area contributed by atoms with E-state index in [0.29, 0.717) is 16.9 Å². The van der Waals surface area contributed by atoms with Crippen LogP contribution in [-0.4, -0.2) is 6.04 Å². The number of rotatable bonds is 0. The Morgan fingerprint density at radius 2 is 1.58 bits per heavy atom. The second-order valence-electron chi connectivity index (χ2n) is 10.3. The third kappa shape index (κ3) is 3.31. The van der Waals surface area contributed by atoms with Crippen molar-refractivity contribution in [2.45, 2.75) is 111 Å². The van der Waals surface area contributed by atoms with Gasteiger partial charge in [-0.25, -0.2) is 0 Å². The van der Waals surface area contributed by atoms with Crippen molar-refractivity contribution in [3.05, 3.63) is 11.6 Å². The maximum absolute atomic E-state index is 6.53. The first-order valence-corrected chi connectivity index (χ1v) is 11.9. The summed E-state index contributed by atoms with van der Waals surface area (Å²) in [5.41, 5.74) is 9.34. The van der Waals surface area contributed by atoms with Gasteiger partial charge in [-0.15, -0.1) is 0 Å². The largest absolute Gasteiger partial charge is 0.327 e. The molecule has 4 aliphatic carbocycles. The molecule has 0 bridgehead atoms. The lowest BCUT2D eigenvalue weighted by molar-refractivity contribution is -0.0843. The van der Waals surface area contributed by atoms with Crippen molar-refractivity contribution < 1.29 is 0 Å². The number of hydrogen-bond donors (Lipinski definition) is 1. The van der Waals surface area contributed by atoms with Gasteiger partial charge in [0.2, 0.25) is 0 Å². The van der Waals surface area contributed by atoms with Crippen molar-refractivity contribution in [2.24, 2.45) is 40.2 Å². The third-order valence-electron chi connectivity index (χ3n) is 9.23. The van der Waals surface area contributed by atoms with E-state index >= 15 is 0 Å². The summed E-state index contributed by atoms with van der Waals surface area (Å²) in [6.45, 7) is 11.5. The molecule has 0 aliphatic heterocycles. The molecule has 0 heterocycles. The van der Waals surface area contributed by atoms with E-state index in [1.807, 2.05) is 13.8 Å². The van der Waals surface area contributed by atoms with Crippen LogP contribution >= 0.6 is 0 Å². The summed E-state index contributed by atoms with van der Waals surface area (Å²) < 4.78 is 0. The lowest BCUT2D eigenvalue weighted by Gasteiger charge is -2.61. The van der Waals surface area contributed by atoms with Crippen LogP contribution < -0.4 is 5.73 Å². The molecule has 150 valence electrons. The Morgan fingerprint density at radius 3 is 2.31 bits per heavy atom.